The standard InChI is InChI=1S/C8H10NOS/c10-7-5-9-4-2-1-3-8(9)11-6-7/h1-4,7,10H,5-6H2/q+1. The molecule has 0 fully saturated rings. The molecular weight excluding hydrogens is 158 g/mol. The Hall–Kier alpha value is -0.540. The molecule has 11 heavy (non-hydrogen) atoms. The Morgan fingerprint density at radius 2 is 2.45 bits per heavy atom. The fraction of sp³-hybridized carbons (Fsp3) is 0.375. The molecule has 0 aromatic carbocycles. The van der Waals surface area contributed by atoms with E-state index in [2.05, 4.69) is 10.6 Å². The molecule has 1 unspecified atom stereocenters. The van der Waals surface area contributed by atoms with Crippen LogP contribution in [0.25, 0.3) is 0 Å². The summed E-state index contributed by atoms with van der Waals surface area (Å²) in [6.45, 7) is 0.739. The zero-order chi connectivity index (χ0) is 7.68. The summed E-state index contributed by atoms with van der Waals surface area (Å²) in [6.07, 6.45) is 1.82. The fourth-order valence-electron chi connectivity index (χ4n) is 1.20. The van der Waals surface area contributed by atoms with Gasteiger partial charge in [-0.3, -0.25) is 0 Å². The first-order valence-corrected chi connectivity index (χ1v) is 4.64. The first kappa shape index (κ1) is 7.13. The molecule has 1 aromatic rings. The first-order chi connectivity index (χ1) is 5.36. The molecule has 0 bridgehead atoms. The molecule has 3 heteroatoms. The van der Waals surface area contributed by atoms with E-state index in [1.165, 1.54) is 5.03 Å². The molecule has 2 nitrogen and oxygen atoms in total. The van der Waals surface area contributed by atoms with Gasteiger partial charge in [-0.25, -0.2) is 0 Å². The van der Waals surface area contributed by atoms with Gasteiger partial charge in [-0.05, 0) is 6.07 Å². The molecule has 1 atom stereocenters. The van der Waals surface area contributed by atoms with Crippen molar-refractivity contribution < 1.29 is 9.67 Å². The predicted octanol–water partition coefficient (Wildman–Crippen LogP) is 0.441. The maximum atomic E-state index is 9.31. The van der Waals surface area contributed by atoms with E-state index in [-0.39, 0.29) is 6.10 Å². The van der Waals surface area contributed by atoms with E-state index in [0.29, 0.717) is 0 Å². The van der Waals surface area contributed by atoms with Gasteiger partial charge in [0.05, 0.1) is 0 Å². The summed E-state index contributed by atoms with van der Waals surface area (Å²) in [7, 11) is 0. The molecule has 0 radical (unpaired) electrons. The fourth-order valence-corrected chi connectivity index (χ4v) is 2.15. The third-order valence-electron chi connectivity index (χ3n) is 1.73. The summed E-state index contributed by atoms with van der Waals surface area (Å²) < 4.78 is 2.08. The van der Waals surface area contributed by atoms with Crippen molar-refractivity contribution in [1.29, 1.82) is 0 Å². The second kappa shape index (κ2) is 2.83. The SMILES string of the molecule is OC1CSc2cccc[n+]2C1. The normalized spacial score (nSPS) is 22.8. The molecule has 1 aliphatic heterocycles. The molecule has 1 aromatic heterocycles. The van der Waals surface area contributed by atoms with Crippen LogP contribution in [0.5, 0.6) is 0 Å². The highest BCUT2D eigenvalue weighted by molar-refractivity contribution is 7.99. The topological polar surface area (TPSA) is 24.1 Å². The molecule has 58 valence electrons. The van der Waals surface area contributed by atoms with Gasteiger partial charge in [-0.1, -0.05) is 11.8 Å². The van der Waals surface area contributed by atoms with Crippen LogP contribution in [0.15, 0.2) is 29.4 Å². The van der Waals surface area contributed by atoms with Crippen LogP contribution in [0.1, 0.15) is 0 Å². The molecular formula is C8H10NOS+. The van der Waals surface area contributed by atoms with Gasteiger partial charge in [0.25, 0.3) is 0 Å². The smallest absolute Gasteiger partial charge is 0.240 e. The number of hydrogen-bond acceptors (Lipinski definition) is 2. The number of rotatable bonds is 0. The van der Waals surface area contributed by atoms with Crippen LogP contribution in [-0.4, -0.2) is 17.0 Å². The highest BCUT2D eigenvalue weighted by atomic mass is 32.2. The van der Waals surface area contributed by atoms with Crippen molar-refractivity contribution in [2.24, 2.45) is 0 Å². The van der Waals surface area contributed by atoms with E-state index in [1.807, 2.05) is 18.3 Å². The van der Waals surface area contributed by atoms with Crippen LogP contribution in [0.3, 0.4) is 0 Å². The maximum Gasteiger partial charge on any atom is 0.240 e. The van der Waals surface area contributed by atoms with E-state index >= 15 is 0 Å². The van der Waals surface area contributed by atoms with Crippen molar-refractivity contribution in [2.45, 2.75) is 17.7 Å². The van der Waals surface area contributed by atoms with Crippen LogP contribution >= 0.6 is 11.8 Å². The Balaban J connectivity index is 2.34. The number of pyridine rings is 1. The molecule has 2 rings (SSSR count). The summed E-state index contributed by atoms with van der Waals surface area (Å²) in [6, 6.07) is 6.09. The lowest BCUT2D eigenvalue weighted by molar-refractivity contribution is -0.740. The Bertz CT molecular complexity index is 264. The van der Waals surface area contributed by atoms with Crippen LogP contribution in [0.2, 0.25) is 0 Å². The second-order valence-corrected chi connectivity index (χ2v) is 3.70. The number of aromatic nitrogens is 1. The van der Waals surface area contributed by atoms with Crippen LogP contribution in [0, 0.1) is 0 Å². The van der Waals surface area contributed by atoms with Gasteiger partial charge >= 0.3 is 0 Å². The summed E-state index contributed by atoms with van der Waals surface area (Å²) in [4.78, 5) is 0. The molecule has 0 saturated heterocycles. The third-order valence-corrected chi connectivity index (χ3v) is 2.95. The molecule has 0 aliphatic carbocycles. The van der Waals surface area contributed by atoms with E-state index in [9.17, 15) is 5.11 Å². The van der Waals surface area contributed by atoms with Crippen molar-refractivity contribution in [1.82, 2.24) is 0 Å². The first-order valence-electron chi connectivity index (χ1n) is 3.65. The van der Waals surface area contributed by atoms with Crippen molar-refractivity contribution in [3.8, 4) is 0 Å². The molecule has 1 N–H and O–H groups in total. The van der Waals surface area contributed by atoms with Crippen molar-refractivity contribution in [3.63, 3.8) is 0 Å². The lowest BCUT2D eigenvalue weighted by Crippen LogP contribution is -2.45. The maximum absolute atomic E-state index is 9.31. The van der Waals surface area contributed by atoms with Crippen LogP contribution < -0.4 is 4.57 Å². The largest absolute Gasteiger partial charge is 0.386 e. The average Bonchev–Trinajstić information content (AvgIpc) is 2.04. The van der Waals surface area contributed by atoms with Gasteiger partial charge in [0.15, 0.2) is 12.7 Å². The van der Waals surface area contributed by atoms with Gasteiger partial charge in [-0.2, -0.15) is 4.57 Å². The minimum atomic E-state index is -0.181. The van der Waals surface area contributed by atoms with Crippen LogP contribution in [0.4, 0.5) is 0 Å². The highest BCUT2D eigenvalue weighted by Crippen LogP contribution is 2.17. The highest BCUT2D eigenvalue weighted by Gasteiger charge is 2.22. The van der Waals surface area contributed by atoms with E-state index in [1.54, 1.807) is 11.8 Å². The van der Waals surface area contributed by atoms with Gasteiger partial charge in [0, 0.05) is 17.9 Å². The van der Waals surface area contributed by atoms with E-state index in [4.69, 9.17) is 0 Å². The minimum Gasteiger partial charge on any atom is -0.386 e. The van der Waals surface area contributed by atoms with Gasteiger partial charge in [0.1, 0.15) is 6.10 Å². The predicted molar refractivity (Wildman–Crippen MR) is 43.4 cm³/mol. The Kier molecular flexibility index (Phi) is 1.84. The number of aliphatic hydroxyl groups excluding tert-OH is 1. The summed E-state index contributed by atoms with van der Waals surface area (Å²) in [5, 5.41) is 10.6. The zero-order valence-electron chi connectivity index (χ0n) is 6.10. The van der Waals surface area contributed by atoms with E-state index < -0.39 is 0 Å². The molecule has 2 heterocycles. The molecule has 0 saturated carbocycles. The second-order valence-electron chi connectivity index (χ2n) is 2.66. The number of thioether (sulfide) groups is 1. The van der Waals surface area contributed by atoms with Gasteiger partial charge in [0.2, 0.25) is 5.03 Å². The quantitative estimate of drug-likeness (QED) is 0.568. The lowest BCUT2D eigenvalue weighted by Gasteiger charge is -2.13. The number of hydrogen-bond donors (Lipinski definition) is 1. The van der Waals surface area contributed by atoms with Gasteiger partial charge < -0.3 is 5.11 Å². The number of aliphatic hydroxyl groups is 1. The Morgan fingerprint density at radius 3 is 3.36 bits per heavy atom. The van der Waals surface area contributed by atoms with Crippen molar-refractivity contribution >= 4 is 11.8 Å². The van der Waals surface area contributed by atoms with Crippen molar-refractivity contribution in [3.05, 3.63) is 24.4 Å². The summed E-state index contributed by atoms with van der Waals surface area (Å²) >= 11 is 1.71. The zero-order valence-corrected chi connectivity index (χ0v) is 6.92. The Labute approximate surface area is 69.9 Å². The van der Waals surface area contributed by atoms with E-state index in [0.717, 1.165) is 12.3 Å². The third kappa shape index (κ3) is 1.39. The minimum absolute atomic E-state index is 0.181. The lowest BCUT2D eigenvalue weighted by atomic mass is 10.4. The Morgan fingerprint density at radius 1 is 1.55 bits per heavy atom. The molecule has 1 aliphatic rings. The summed E-state index contributed by atoms with van der Waals surface area (Å²) in [5.41, 5.74) is 0. The summed E-state index contributed by atoms with van der Waals surface area (Å²) in [5.74, 6) is 0.823. The van der Waals surface area contributed by atoms with Crippen LogP contribution in [-0.2, 0) is 6.54 Å². The van der Waals surface area contributed by atoms with Gasteiger partial charge in [-0.15, -0.1) is 0 Å². The monoisotopic (exact) mass is 168 g/mol. The number of fused-ring (bicyclic) bond motifs is 1. The average molecular weight is 168 g/mol. The number of nitrogens with zero attached hydrogens (tertiary/aromatic N) is 1. The molecule has 0 spiro atoms. The molecule has 0 amide bonds. The van der Waals surface area contributed by atoms with Crippen molar-refractivity contribution in [2.75, 3.05) is 5.75 Å².